The number of pyridine rings is 1. The van der Waals surface area contributed by atoms with Crippen molar-refractivity contribution in [3.63, 3.8) is 0 Å². The number of fused-ring (bicyclic) bond motifs is 1. The van der Waals surface area contributed by atoms with E-state index >= 15 is 0 Å². The molecule has 0 saturated carbocycles. The number of hydrogen-bond donors (Lipinski definition) is 0. The molecule has 1 radical (unpaired) electrons. The summed E-state index contributed by atoms with van der Waals surface area (Å²) in [6.07, 6.45) is 1.75. The summed E-state index contributed by atoms with van der Waals surface area (Å²) in [5.74, 6) is 0.647. The Morgan fingerprint density at radius 1 is 1.36 bits per heavy atom. The lowest BCUT2D eigenvalue weighted by atomic mass is 10.2. The monoisotopic (exact) mass is 186 g/mol. The molecule has 0 unspecified atom stereocenters. The molecule has 0 saturated heterocycles. The maximum Gasteiger partial charge on any atom is 0.253 e. The van der Waals surface area contributed by atoms with Crippen molar-refractivity contribution < 1.29 is 9.53 Å². The van der Waals surface area contributed by atoms with Crippen molar-refractivity contribution in [1.29, 1.82) is 0 Å². The van der Waals surface area contributed by atoms with Crippen LogP contribution in [0.5, 0.6) is 5.75 Å². The van der Waals surface area contributed by atoms with Gasteiger partial charge in [-0.15, -0.1) is 0 Å². The number of para-hydroxylation sites is 1. The predicted molar refractivity (Wildman–Crippen MR) is 53.1 cm³/mol. The topological polar surface area (TPSA) is 39.2 Å². The average molecular weight is 186 g/mol. The quantitative estimate of drug-likeness (QED) is 0.716. The number of rotatable bonds is 2. The molecule has 3 nitrogen and oxygen atoms in total. The molecule has 0 aliphatic heterocycles. The molecule has 0 fully saturated rings. The van der Waals surface area contributed by atoms with Crippen LogP contribution in [-0.4, -0.2) is 18.4 Å². The van der Waals surface area contributed by atoms with Crippen LogP contribution in [0.3, 0.4) is 0 Å². The van der Waals surface area contributed by atoms with E-state index in [9.17, 15) is 4.79 Å². The maximum absolute atomic E-state index is 10.5. The number of ether oxygens (including phenoxy) is 1. The van der Waals surface area contributed by atoms with E-state index in [1.54, 1.807) is 19.5 Å². The molecular formula is C11H8NO2. The van der Waals surface area contributed by atoms with Crippen molar-refractivity contribution in [1.82, 2.24) is 4.98 Å². The molecular weight excluding hydrogens is 178 g/mol. The largest absolute Gasteiger partial charge is 0.496 e. The zero-order valence-electron chi connectivity index (χ0n) is 7.65. The number of nitrogens with zero attached hydrogens (tertiary/aromatic N) is 1. The lowest BCUT2D eigenvalue weighted by Crippen LogP contribution is -1.92. The number of hydrogen-bond acceptors (Lipinski definition) is 3. The Balaban J connectivity index is 2.79. The van der Waals surface area contributed by atoms with Gasteiger partial charge in [-0.05, 0) is 12.1 Å². The van der Waals surface area contributed by atoms with Crippen molar-refractivity contribution in [2.75, 3.05) is 7.11 Å². The minimum Gasteiger partial charge on any atom is -0.496 e. The van der Waals surface area contributed by atoms with Crippen molar-refractivity contribution in [2.45, 2.75) is 0 Å². The summed E-state index contributed by atoms with van der Waals surface area (Å²) >= 11 is 0. The second kappa shape index (κ2) is 3.46. The van der Waals surface area contributed by atoms with Crippen molar-refractivity contribution >= 4 is 17.2 Å². The highest BCUT2D eigenvalue weighted by molar-refractivity contribution is 5.88. The third-order valence-electron chi connectivity index (χ3n) is 2.00. The zero-order valence-corrected chi connectivity index (χ0v) is 7.65. The molecule has 2 rings (SSSR count). The lowest BCUT2D eigenvalue weighted by molar-refractivity contribution is 0.419. The van der Waals surface area contributed by atoms with Gasteiger partial charge in [-0.1, -0.05) is 12.1 Å². The van der Waals surface area contributed by atoms with Gasteiger partial charge in [0.25, 0.3) is 6.29 Å². The van der Waals surface area contributed by atoms with Gasteiger partial charge in [-0.25, -0.2) is 4.98 Å². The van der Waals surface area contributed by atoms with Gasteiger partial charge in [0.15, 0.2) is 0 Å². The lowest BCUT2D eigenvalue weighted by Gasteiger charge is -2.04. The van der Waals surface area contributed by atoms with Crippen molar-refractivity contribution in [2.24, 2.45) is 0 Å². The van der Waals surface area contributed by atoms with Crippen molar-refractivity contribution in [3.05, 3.63) is 36.0 Å². The Labute approximate surface area is 81.3 Å². The summed E-state index contributed by atoms with van der Waals surface area (Å²) in [6.45, 7) is 0. The Bertz CT molecular complexity index is 480. The minimum absolute atomic E-state index is 0.264. The van der Waals surface area contributed by atoms with E-state index in [-0.39, 0.29) is 5.69 Å². The fourth-order valence-corrected chi connectivity index (χ4v) is 1.36. The average Bonchev–Trinajstić information content (AvgIpc) is 2.27. The highest BCUT2D eigenvalue weighted by Crippen LogP contribution is 2.24. The summed E-state index contributed by atoms with van der Waals surface area (Å²) in [6, 6.07) is 9.07. The summed E-state index contributed by atoms with van der Waals surface area (Å²) in [5, 5.41) is 0.897. The highest BCUT2D eigenvalue weighted by Gasteiger charge is 2.04. The van der Waals surface area contributed by atoms with E-state index in [1.807, 2.05) is 24.3 Å². The summed E-state index contributed by atoms with van der Waals surface area (Å²) < 4.78 is 5.15. The van der Waals surface area contributed by atoms with Crippen LogP contribution >= 0.6 is 0 Å². The van der Waals surface area contributed by atoms with Gasteiger partial charge >= 0.3 is 0 Å². The first-order valence-electron chi connectivity index (χ1n) is 4.17. The Morgan fingerprint density at radius 3 is 2.86 bits per heavy atom. The summed E-state index contributed by atoms with van der Waals surface area (Å²) in [7, 11) is 1.57. The second-order valence-corrected chi connectivity index (χ2v) is 2.83. The zero-order chi connectivity index (χ0) is 9.97. The molecule has 0 aliphatic rings. The van der Waals surface area contributed by atoms with Gasteiger partial charge in [0.1, 0.15) is 11.4 Å². The summed E-state index contributed by atoms with van der Waals surface area (Å²) in [5.41, 5.74) is 1.01. The Hall–Kier alpha value is -1.90. The first-order valence-corrected chi connectivity index (χ1v) is 4.17. The molecule has 2 aromatic rings. The van der Waals surface area contributed by atoms with Crippen LogP contribution in [0.25, 0.3) is 10.9 Å². The first-order chi connectivity index (χ1) is 6.85. The third kappa shape index (κ3) is 1.33. The standard InChI is InChI=1S/C11H8NO2/c1-14-11-6-8(7-13)12-10-5-3-2-4-9(10)11/h2-6H,1H3. The molecule has 1 aromatic heterocycles. The molecule has 0 aliphatic carbocycles. The van der Waals surface area contributed by atoms with Gasteiger partial charge in [0.2, 0.25) is 0 Å². The predicted octanol–water partition coefficient (Wildman–Crippen LogP) is 1.70. The Kier molecular flexibility index (Phi) is 2.14. The number of carbonyl (C=O) groups excluding carboxylic acids is 1. The molecule has 3 heteroatoms. The highest BCUT2D eigenvalue weighted by atomic mass is 16.5. The van der Waals surface area contributed by atoms with E-state index in [2.05, 4.69) is 4.98 Å². The molecule has 69 valence electrons. The van der Waals surface area contributed by atoms with E-state index in [4.69, 9.17) is 4.74 Å². The molecule has 0 atom stereocenters. The van der Waals surface area contributed by atoms with Crippen molar-refractivity contribution in [3.8, 4) is 5.75 Å². The molecule has 0 bridgehead atoms. The van der Waals surface area contributed by atoms with E-state index < -0.39 is 0 Å². The van der Waals surface area contributed by atoms with Crippen LogP contribution in [-0.2, 0) is 4.79 Å². The van der Waals surface area contributed by atoms with Crippen LogP contribution in [0.15, 0.2) is 30.3 Å². The van der Waals surface area contributed by atoms with Gasteiger partial charge in [0.05, 0.1) is 12.6 Å². The molecule has 1 heterocycles. The fourth-order valence-electron chi connectivity index (χ4n) is 1.36. The second-order valence-electron chi connectivity index (χ2n) is 2.83. The fraction of sp³-hybridized carbons (Fsp3) is 0.0909. The molecule has 0 spiro atoms. The molecule has 0 amide bonds. The number of benzene rings is 1. The molecule has 14 heavy (non-hydrogen) atoms. The van der Waals surface area contributed by atoms with Crippen LogP contribution < -0.4 is 4.74 Å². The van der Waals surface area contributed by atoms with Gasteiger partial charge in [-0.3, -0.25) is 4.79 Å². The molecule has 0 N–H and O–H groups in total. The van der Waals surface area contributed by atoms with Gasteiger partial charge in [0, 0.05) is 11.5 Å². The van der Waals surface area contributed by atoms with E-state index in [1.165, 1.54) is 0 Å². The van der Waals surface area contributed by atoms with Gasteiger partial charge in [-0.2, -0.15) is 0 Å². The van der Waals surface area contributed by atoms with Crippen LogP contribution in [0.1, 0.15) is 5.69 Å². The van der Waals surface area contributed by atoms with E-state index in [0.29, 0.717) is 5.75 Å². The van der Waals surface area contributed by atoms with Crippen LogP contribution in [0.4, 0.5) is 0 Å². The number of aromatic nitrogens is 1. The van der Waals surface area contributed by atoms with Crippen LogP contribution in [0.2, 0.25) is 0 Å². The first kappa shape index (κ1) is 8.69. The normalized spacial score (nSPS) is 10.1. The van der Waals surface area contributed by atoms with E-state index in [0.717, 1.165) is 10.9 Å². The van der Waals surface area contributed by atoms with Gasteiger partial charge < -0.3 is 4.74 Å². The summed E-state index contributed by atoms with van der Waals surface area (Å²) in [4.78, 5) is 14.6. The third-order valence-corrected chi connectivity index (χ3v) is 2.00. The minimum atomic E-state index is 0.264. The smallest absolute Gasteiger partial charge is 0.253 e. The maximum atomic E-state index is 10.5. The SMILES string of the molecule is COc1cc([C]=O)nc2ccccc12. The number of methoxy groups -OCH3 is 1. The molecule has 1 aromatic carbocycles. The Morgan fingerprint density at radius 2 is 2.14 bits per heavy atom. The van der Waals surface area contributed by atoms with Crippen LogP contribution in [0, 0.1) is 0 Å².